The predicted octanol–water partition coefficient (Wildman–Crippen LogP) is 2.96. The molecule has 1 nitrogen and oxygen atoms in total. The number of hydrogen-bond acceptors (Lipinski definition) is 1. The summed E-state index contributed by atoms with van der Waals surface area (Å²) in [5.41, 5.74) is 0. The third-order valence-corrected chi connectivity index (χ3v) is 1.45. The molecule has 0 saturated heterocycles. The maximum absolute atomic E-state index is 5.18. The van der Waals surface area contributed by atoms with Gasteiger partial charge in [-0.15, -0.1) is 13.2 Å². The van der Waals surface area contributed by atoms with E-state index in [1.807, 2.05) is 18.2 Å². The van der Waals surface area contributed by atoms with E-state index in [2.05, 4.69) is 13.2 Å². The van der Waals surface area contributed by atoms with Crippen LogP contribution >= 0.6 is 0 Å². The van der Waals surface area contributed by atoms with E-state index >= 15 is 0 Å². The number of allylic oxidation sites excluding steroid dienone is 2. The SMILES string of the molecule is C=CC[C](C=C)c1ccco1. The Morgan fingerprint density at radius 2 is 2.36 bits per heavy atom. The minimum Gasteiger partial charge on any atom is -0.468 e. The van der Waals surface area contributed by atoms with Gasteiger partial charge in [-0.05, 0) is 18.6 Å². The summed E-state index contributed by atoms with van der Waals surface area (Å²) >= 11 is 0. The first-order chi connectivity index (χ1) is 5.38. The van der Waals surface area contributed by atoms with Crippen LogP contribution in [-0.4, -0.2) is 0 Å². The van der Waals surface area contributed by atoms with Crippen molar-refractivity contribution >= 4 is 0 Å². The zero-order chi connectivity index (χ0) is 8.10. The third kappa shape index (κ3) is 1.84. The highest BCUT2D eigenvalue weighted by Crippen LogP contribution is 2.19. The molecule has 1 rings (SSSR count). The van der Waals surface area contributed by atoms with Crippen LogP contribution in [0.4, 0.5) is 0 Å². The summed E-state index contributed by atoms with van der Waals surface area (Å²) in [6.07, 6.45) is 6.08. The van der Waals surface area contributed by atoms with Gasteiger partial charge in [-0.3, -0.25) is 0 Å². The largest absolute Gasteiger partial charge is 0.468 e. The summed E-state index contributed by atoms with van der Waals surface area (Å²) in [4.78, 5) is 0. The van der Waals surface area contributed by atoms with Crippen LogP contribution < -0.4 is 0 Å². The van der Waals surface area contributed by atoms with E-state index in [9.17, 15) is 0 Å². The van der Waals surface area contributed by atoms with Crippen molar-refractivity contribution in [3.05, 3.63) is 55.4 Å². The molecule has 57 valence electrons. The second-order valence-corrected chi connectivity index (χ2v) is 2.20. The Hall–Kier alpha value is -1.24. The lowest BCUT2D eigenvalue weighted by molar-refractivity contribution is 0.528. The Morgan fingerprint density at radius 1 is 1.55 bits per heavy atom. The smallest absolute Gasteiger partial charge is 0.115 e. The van der Waals surface area contributed by atoms with Crippen LogP contribution in [0, 0.1) is 5.92 Å². The normalized spacial score (nSPS) is 9.91. The molecule has 11 heavy (non-hydrogen) atoms. The van der Waals surface area contributed by atoms with E-state index in [-0.39, 0.29) is 0 Å². The van der Waals surface area contributed by atoms with Gasteiger partial charge in [0.2, 0.25) is 0 Å². The molecule has 1 radical (unpaired) electrons. The number of furan rings is 1. The highest BCUT2D eigenvalue weighted by Gasteiger charge is 2.07. The monoisotopic (exact) mass is 147 g/mol. The zero-order valence-electron chi connectivity index (χ0n) is 6.42. The molecule has 0 amide bonds. The van der Waals surface area contributed by atoms with Gasteiger partial charge >= 0.3 is 0 Å². The fourth-order valence-corrected chi connectivity index (χ4v) is 0.901. The summed E-state index contributed by atoms with van der Waals surface area (Å²) in [7, 11) is 0. The van der Waals surface area contributed by atoms with E-state index in [0.29, 0.717) is 0 Å². The molecule has 1 aromatic rings. The molecule has 0 spiro atoms. The van der Waals surface area contributed by atoms with Gasteiger partial charge in [0.15, 0.2) is 0 Å². The third-order valence-electron chi connectivity index (χ3n) is 1.45. The first-order valence-corrected chi connectivity index (χ1v) is 3.51. The van der Waals surface area contributed by atoms with Crippen LogP contribution in [-0.2, 0) is 0 Å². The molecule has 0 fully saturated rings. The van der Waals surface area contributed by atoms with Gasteiger partial charge in [-0.1, -0.05) is 12.2 Å². The van der Waals surface area contributed by atoms with Crippen molar-refractivity contribution < 1.29 is 4.42 Å². The molecule has 0 aliphatic rings. The molecule has 1 aromatic heterocycles. The van der Waals surface area contributed by atoms with Gasteiger partial charge in [0.25, 0.3) is 0 Å². The molecule has 1 heteroatoms. The van der Waals surface area contributed by atoms with Crippen LogP contribution in [0.15, 0.2) is 48.1 Å². The Kier molecular flexibility index (Phi) is 2.73. The molecule has 0 aliphatic carbocycles. The summed E-state index contributed by atoms with van der Waals surface area (Å²) in [5.74, 6) is 1.95. The lowest BCUT2D eigenvalue weighted by Gasteiger charge is -2.03. The van der Waals surface area contributed by atoms with Crippen LogP contribution in [0.2, 0.25) is 0 Å². The second kappa shape index (κ2) is 3.81. The number of hydrogen-bond donors (Lipinski definition) is 0. The predicted molar refractivity (Wildman–Crippen MR) is 46.1 cm³/mol. The van der Waals surface area contributed by atoms with Gasteiger partial charge < -0.3 is 4.42 Å². The quantitative estimate of drug-likeness (QED) is 0.597. The van der Waals surface area contributed by atoms with Gasteiger partial charge in [-0.2, -0.15) is 0 Å². The standard InChI is InChI=1S/C10H11O/c1-3-6-9(4-2)10-7-5-8-11-10/h3-5,7-8H,1-2,6H2. The van der Waals surface area contributed by atoms with Crippen molar-refractivity contribution in [1.82, 2.24) is 0 Å². The summed E-state index contributed by atoms with van der Waals surface area (Å²) < 4.78 is 5.18. The lowest BCUT2D eigenvalue weighted by atomic mass is 10.0. The summed E-state index contributed by atoms with van der Waals surface area (Å²) in [6, 6.07) is 3.78. The van der Waals surface area contributed by atoms with Crippen molar-refractivity contribution in [2.24, 2.45) is 0 Å². The first kappa shape index (κ1) is 7.86. The summed E-state index contributed by atoms with van der Waals surface area (Å²) in [5, 5.41) is 0. The molecule has 0 atom stereocenters. The maximum Gasteiger partial charge on any atom is 0.115 e. The van der Waals surface area contributed by atoms with Gasteiger partial charge in [0, 0.05) is 0 Å². The first-order valence-electron chi connectivity index (χ1n) is 3.51. The molecular formula is C10H11O. The number of rotatable bonds is 4. The fraction of sp³-hybridized carbons (Fsp3) is 0.100. The lowest BCUT2D eigenvalue weighted by Crippen LogP contribution is -1.90. The van der Waals surface area contributed by atoms with E-state index in [0.717, 1.165) is 18.1 Å². The van der Waals surface area contributed by atoms with Gasteiger partial charge in [0.1, 0.15) is 5.76 Å². The Balaban J connectivity index is 2.70. The van der Waals surface area contributed by atoms with E-state index in [4.69, 9.17) is 4.42 Å². The fourth-order valence-electron chi connectivity index (χ4n) is 0.901. The molecule has 0 aliphatic heterocycles. The molecule has 0 aromatic carbocycles. The van der Waals surface area contributed by atoms with Crippen LogP contribution in [0.3, 0.4) is 0 Å². The van der Waals surface area contributed by atoms with Crippen LogP contribution in [0.1, 0.15) is 12.2 Å². The Bertz CT molecular complexity index is 221. The average Bonchev–Trinajstić information content (AvgIpc) is 2.52. The van der Waals surface area contributed by atoms with Crippen molar-refractivity contribution in [2.45, 2.75) is 6.42 Å². The molecule has 0 N–H and O–H groups in total. The Morgan fingerprint density at radius 3 is 2.82 bits per heavy atom. The van der Waals surface area contributed by atoms with Crippen LogP contribution in [0.25, 0.3) is 0 Å². The molecule has 0 unspecified atom stereocenters. The highest BCUT2D eigenvalue weighted by atomic mass is 16.3. The van der Waals surface area contributed by atoms with Crippen molar-refractivity contribution in [1.29, 1.82) is 0 Å². The maximum atomic E-state index is 5.18. The average molecular weight is 147 g/mol. The minimum atomic E-state index is 0.803. The van der Waals surface area contributed by atoms with Crippen molar-refractivity contribution in [3.8, 4) is 0 Å². The summed E-state index contributed by atoms with van der Waals surface area (Å²) in [6.45, 7) is 7.34. The molecular weight excluding hydrogens is 136 g/mol. The van der Waals surface area contributed by atoms with Gasteiger partial charge in [-0.25, -0.2) is 0 Å². The molecule has 0 saturated carbocycles. The molecule has 0 bridgehead atoms. The highest BCUT2D eigenvalue weighted by molar-refractivity contribution is 5.29. The zero-order valence-corrected chi connectivity index (χ0v) is 6.42. The van der Waals surface area contributed by atoms with Crippen LogP contribution in [0.5, 0.6) is 0 Å². The Labute approximate surface area is 67.0 Å². The van der Waals surface area contributed by atoms with Gasteiger partial charge in [0.05, 0.1) is 12.2 Å². The van der Waals surface area contributed by atoms with Crippen molar-refractivity contribution in [3.63, 3.8) is 0 Å². The minimum absolute atomic E-state index is 0.803. The second-order valence-electron chi connectivity index (χ2n) is 2.20. The van der Waals surface area contributed by atoms with E-state index < -0.39 is 0 Å². The van der Waals surface area contributed by atoms with E-state index in [1.165, 1.54) is 0 Å². The van der Waals surface area contributed by atoms with Crippen molar-refractivity contribution in [2.75, 3.05) is 0 Å². The molecule has 1 heterocycles. The topological polar surface area (TPSA) is 13.1 Å². The van der Waals surface area contributed by atoms with E-state index in [1.54, 1.807) is 12.3 Å².